The highest BCUT2D eigenvalue weighted by molar-refractivity contribution is 7.90. The van der Waals surface area contributed by atoms with Gasteiger partial charge < -0.3 is 11.5 Å². The van der Waals surface area contributed by atoms with Gasteiger partial charge in [0.2, 0.25) is 0 Å². The summed E-state index contributed by atoms with van der Waals surface area (Å²) in [6.07, 6.45) is 1.17. The highest BCUT2D eigenvalue weighted by Gasteiger charge is 2.09. The van der Waals surface area contributed by atoms with E-state index in [9.17, 15) is 8.42 Å². The summed E-state index contributed by atoms with van der Waals surface area (Å²) in [5.41, 5.74) is 11.8. The highest BCUT2D eigenvalue weighted by atomic mass is 32.2. The monoisotopic (exact) mass is 214 g/mol. The highest BCUT2D eigenvalue weighted by Crippen LogP contribution is 2.15. The summed E-state index contributed by atoms with van der Waals surface area (Å²) in [7, 11) is -3.16. The van der Waals surface area contributed by atoms with Crippen molar-refractivity contribution >= 4 is 9.84 Å². The van der Waals surface area contributed by atoms with Crippen molar-refractivity contribution in [3.63, 3.8) is 0 Å². The predicted molar refractivity (Wildman–Crippen MR) is 55.5 cm³/mol. The van der Waals surface area contributed by atoms with Crippen molar-refractivity contribution in [2.45, 2.75) is 10.9 Å². The molecule has 0 unspecified atom stereocenters. The third-order valence-electron chi connectivity index (χ3n) is 1.97. The Hall–Kier alpha value is -0.910. The van der Waals surface area contributed by atoms with Crippen LogP contribution in [0.4, 0.5) is 0 Å². The standard InChI is InChI=1S/C9H14N2O2S/c1-14(12,13)8-4-2-3-7(5-8)9(11)6-10/h2-5,9H,6,10-11H2,1H3/t9-/m0/s1. The summed E-state index contributed by atoms with van der Waals surface area (Å²) in [5, 5.41) is 0. The topological polar surface area (TPSA) is 86.2 Å². The van der Waals surface area contributed by atoms with Gasteiger partial charge in [-0.1, -0.05) is 12.1 Å². The van der Waals surface area contributed by atoms with E-state index in [1.807, 2.05) is 0 Å². The van der Waals surface area contributed by atoms with E-state index < -0.39 is 9.84 Å². The first-order chi connectivity index (χ1) is 6.45. The largest absolute Gasteiger partial charge is 0.329 e. The fraction of sp³-hybridized carbons (Fsp3) is 0.333. The Bertz CT molecular complexity index is 415. The van der Waals surface area contributed by atoms with Crippen LogP contribution < -0.4 is 11.5 Å². The molecule has 0 aliphatic carbocycles. The van der Waals surface area contributed by atoms with Crippen LogP contribution in [0.5, 0.6) is 0 Å². The first-order valence-corrected chi connectivity index (χ1v) is 6.10. The van der Waals surface area contributed by atoms with Gasteiger partial charge in [0.25, 0.3) is 0 Å². The first kappa shape index (κ1) is 11.2. The van der Waals surface area contributed by atoms with Crippen LogP contribution >= 0.6 is 0 Å². The summed E-state index contributed by atoms with van der Waals surface area (Å²) in [6, 6.07) is 6.24. The van der Waals surface area contributed by atoms with E-state index in [0.717, 1.165) is 5.56 Å². The van der Waals surface area contributed by atoms with Gasteiger partial charge in [0.15, 0.2) is 9.84 Å². The third-order valence-corrected chi connectivity index (χ3v) is 3.08. The Morgan fingerprint density at radius 2 is 2.07 bits per heavy atom. The van der Waals surface area contributed by atoms with Gasteiger partial charge in [-0.25, -0.2) is 8.42 Å². The van der Waals surface area contributed by atoms with E-state index in [2.05, 4.69) is 0 Å². The summed E-state index contributed by atoms with van der Waals surface area (Å²) in [5.74, 6) is 0. The van der Waals surface area contributed by atoms with Gasteiger partial charge in [-0.05, 0) is 17.7 Å². The van der Waals surface area contributed by atoms with Crippen molar-refractivity contribution < 1.29 is 8.42 Å². The second-order valence-corrected chi connectivity index (χ2v) is 5.20. The molecular formula is C9H14N2O2S. The van der Waals surface area contributed by atoms with E-state index in [0.29, 0.717) is 6.54 Å². The van der Waals surface area contributed by atoms with Gasteiger partial charge in [0.05, 0.1) is 4.90 Å². The molecule has 0 heterocycles. The zero-order chi connectivity index (χ0) is 10.8. The van der Waals surface area contributed by atoms with Crippen LogP contribution in [0, 0.1) is 0 Å². The number of hydrogen-bond acceptors (Lipinski definition) is 4. The average molecular weight is 214 g/mol. The molecule has 78 valence electrons. The number of benzene rings is 1. The maximum atomic E-state index is 11.2. The molecule has 1 aromatic rings. The molecule has 4 nitrogen and oxygen atoms in total. The van der Waals surface area contributed by atoms with E-state index in [1.165, 1.54) is 6.26 Å². The molecule has 0 radical (unpaired) electrons. The summed E-state index contributed by atoms with van der Waals surface area (Å²) in [4.78, 5) is 0.277. The van der Waals surface area contributed by atoms with E-state index in [4.69, 9.17) is 11.5 Å². The Kier molecular flexibility index (Phi) is 3.25. The first-order valence-electron chi connectivity index (χ1n) is 4.21. The maximum Gasteiger partial charge on any atom is 0.175 e. The zero-order valence-corrected chi connectivity index (χ0v) is 8.79. The Morgan fingerprint density at radius 3 is 2.57 bits per heavy atom. The molecule has 0 saturated heterocycles. The molecule has 0 amide bonds. The molecule has 1 rings (SSSR count). The van der Waals surface area contributed by atoms with Crippen molar-refractivity contribution in [2.75, 3.05) is 12.8 Å². The lowest BCUT2D eigenvalue weighted by Gasteiger charge is -2.09. The van der Waals surface area contributed by atoms with Crippen LogP contribution in [-0.2, 0) is 9.84 Å². The number of nitrogens with two attached hydrogens (primary N) is 2. The van der Waals surface area contributed by atoms with Crippen molar-refractivity contribution in [3.8, 4) is 0 Å². The van der Waals surface area contributed by atoms with Crippen LogP contribution in [0.2, 0.25) is 0 Å². The predicted octanol–water partition coefficient (Wildman–Crippen LogP) is 0.0486. The minimum atomic E-state index is -3.16. The van der Waals surface area contributed by atoms with Gasteiger partial charge >= 0.3 is 0 Å². The van der Waals surface area contributed by atoms with Crippen molar-refractivity contribution in [1.29, 1.82) is 0 Å². The van der Waals surface area contributed by atoms with Crippen LogP contribution in [-0.4, -0.2) is 21.2 Å². The van der Waals surface area contributed by atoms with Gasteiger partial charge in [-0.2, -0.15) is 0 Å². The number of hydrogen-bond donors (Lipinski definition) is 2. The van der Waals surface area contributed by atoms with Crippen molar-refractivity contribution in [3.05, 3.63) is 29.8 Å². The lowest BCUT2D eigenvalue weighted by Crippen LogP contribution is -2.20. The quantitative estimate of drug-likeness (QED) is 0.744. The Balaban J connectivity index is 3.14. The summed E-state index contributed by atoms with van der Waals surface area (Å²) in [6.45, 7) is 0.299. The third kappa shape index (κ3) is 2.54. The number of rotatable bonds is 3. The molecule has 0 aliphatic rings. The number of sulfone groups is 1. The second kappa shape index (κ2) is 4.08. The Labute approximate surface area is 83.8 Å². The smallest absolute Gasteiger partial charge is 0.175 e. The van der Waals surface area contributed by atoms with Crippen molar-refractivity contribution in [2.24, 2.45) is 11.5 Å². The Morgan fingerprint density at radius 1 is 1.43 bits per heavy atom. The van der Waals surface area contributed by atoms with Crippen LogP contribution in [0.1, 0.15) is 11.6 Å². The molecule has 5 heteroatoms. The molecule has 1 atom stereocenters. The lowest BCUT2D eigenvalue weighted by molar-refractivity contribution is 0.601. The molecule has 1 aromatic carbocycles. The SMILES string of the molecule is CS(=O)(=O)c1cccc([C@@H](N)CN)c1. The molecule has 14 heavy (non-hydrogen) atoms. The average Bonchev–Trinajstić information content (AvgIpc) is 2.15. The van der Waals surface area contributed by atoms with Crippen LogP contribution in [0.3, 0.4) is 0 Å². The van der Waals surface area contributed by atoms with E-state index >= 15 is 0 Å². The fourth-order valence-corrected chi connectivity index (χ4v) is 1.79. The minimum absolute atomic E-state index is 0.277. The van der Waals surface area contributed by atoms with Gasteiger partial charge in [0.1, 0.15) is 0 Å². The second-order valence-electron chi connectivity index (χ2n) is 3.19. The van der Waals surface area contributed by atoms with Crippen LogP contribution in [0.15, 0.2) is 29.2 Å². The molecular weight excluding hydrogens is 200 g/mol. The van der Waals surface area contributed by atoms with Crippen molar-refractivity contribution in [1.82, 2.24) is 0 Å². The molecule has 0 spiro atoms. The summed E-state index contributed by atoms with van der Waals surface area (Å²) < 4.78 is 22.4. The van der Waals surface area contributed by atoms with Crippen LogP contribution in [0.25, 0.3) is 0 Å². The van der Waals surface area contributed by atoms with Gasteiger partial charge in [-0.15, -0.1) is 0 Å². The molecule has 0 aromatic heterocycles. The maximum absolute atomic E-state index is 11.2. The lowest BCUT2D eigenvalue weighted by atomic mass is 10.1. The fourth-order valence-electron chi connectivity index (χ4n) is 1.11. The molecule has 4 N–H and O–H groups in total. The molecule has 0 fully saturated rings. The minimum Gasteiger partial charge on any atom is -0.329 e. The van der Waals surface area contributed by atoms with E-state index in [-0.39, 0.29) is 10.9 Å². The summed E-state index contributed by atoms with van der Waals surface area (Å²) >= 11 is 0. The van der Waals surface area contributed by atoms with Gasteiger partial charge in [0, 0.05) is 18.8 Å². The van der Waals surface area contributed by atoms with E-state index in [1.54, 1.807) is 24.3 Å². The normalized spacial score (nSPS) is 13.9. The van der Waals surface area contributed by atoms with Gasteiger partial charge in [-0.3, -0.25) is 0 Å². The zero-order valence-electron chi connectivity index (χ0n) is 7.97. The molecule has 0 aliphatic heterocycles. The molecule has 0 bridgehead atoms. The molecule has 0 saturated carbocycles.